The first-order chi connectivity index (χ1) is 10.6. The number of amides is 1. The summed E-state index contributed by atoms with van der Waals surface area (Å²) in [4.78, 5) is 21.8. The molecular weight excluding hydrogens is 302 g/mol. The molecule has 1 aliphatic rings. The number of anilines is 1. The number of carbonyl (C=O) groups excluding carboxylic acids is 1. The Morgan fingerprint density at radius 3 is 2.59 bits per heavy atom. The minimum Gasteiger partial charge on any atom is -0.349 e. The van der Waals surface area contributed by atoms with E-state index in [-0.39, 0.29) is 5.91 Å². The average molecular weight is 321 g/mol. The van der Waals surface area contributed by atoms with Crippen molar-refractivity contribution in [3.63, 3.8) is 0 Å². The van der Waals surface area contributed by atoms with Gasteiger partial charge in [0.15, 0.2) is 5.82 Å². The van der Waals surface area contributed by atoms with Gasteiger partial charge in [0.25, 0.3) is 0 Å². The Morgan fingerprint density at radius 1 is 1.23 bits per heavy atom. The number of hydrogen-bond donors (Lipinski definition) is 0. The van der Waals surface area contributed by atoms with E-state index in [1.165, 1.54) is 4.88 Å². The van der Waals surface area contributed by atoms with Crippen LogP contribution in [0, 0.1) is 13.8 Å². The Hall–Kier alpha value is -1.96. The van der Waals surface area contributed by atoms with E-state index < -0.39 is 0 Å². The SMILES string of the molecule is Cc1nonc1N1CCN(C(=O)CCc2scnc2C)CC1. The van der Waals surface area contributed by atoms with E-state index in [1.54, 1.807) is 11.3 Å². The Labute approximate surface area is 132 Å². The molecule has 2 aromatic heterocycles. The number of aryl methyl sites for hydroxylation is 3. The van der Waals surface area contributed by atoms with Gasteiger partial charge < -0.3 is 9.80 Å². The Balaban J connectivity index is 1.50. The van der Waals surface area contributed by atoms with E-state index in [1.807, 2.05) is 24.3 Å². The van der Waals surface area contributed by atoms with Gasteiger partial charge in [-0.25, -0.2) is 9.61 Å². The monoisotopic (exact) mass is 321 g/mol. The molecule has 0 radical (unpaired) electrons. The maximum atomic E-state index is 12.3. The maximum absolute atomic E-state index is 12.3. The second kappa shape index (κ2) is 6.43. The minimum atomic E-state index is 0.211. The van der Waals surface area contributed by atoms with Gasteiger partial charge in [-0.2, -0.15) is 0 Å². The molecule has 7 nitrogen and oxygen atoms in total. The highest BCUT2D eigenvalue weighted by Gasteiger charge is 2.24. The summed E-state index contributed by atoms with van der Waals surface area (Å²) >= 11 is 1.62. The van der Waals surface area contributed by atoms with Crippen LogP contribution in [0.5, 0.6) is 0 Å². The molecular formula is C14H19N5O2S. The molecule has 3 heterocycles. The van der Waals surface area contributed by atoms with E-state index >= 15 is 0 Å². The van der Waals surface area contributed by atoms with Gasteiger partial charge in [-0.1, -0.05) is 5.16 Å². The van der Waals surface area contributed by atoms with Crippen LogP contribution in [-0.2, 0) is 11.2 Å². The number of hydrogen-bond acceptors (Lipinski definition) is 7. The van der Waals surface area contributed by atoms with Crippen LogP contribution in [0.4, 0.5) is 5.82 Å². The normalized spacial score (nSPS) is 15.4. The van der Waals surface area contributed by atoms with Crippen molar-refractivity contribution in [2.75, 3.05) is 31.1 Å². The van der Waals surface area contributed by atoms with Crippen LogP contribution in [0.2, 0.25) is 0 Å². The summed E-state index contributed by atoms with van der Waals surface area (Å²) in [5.41, 5.74) is 3.67. The van der Waals surface area contributed by atoms with Crippen molar-refractivity contribution in [2.24, 2.45) is 0 Å². The van der Waals surface area contributed by atoms with E-state index in [2.05, 4.69) is 20.2 Å². The third-order valence-electron chi connectivity index (χ3n) is 3.97. The van der Waals surface area contributed by atoms with Crippen LogP contribution in [0.3, 0.4) is 0 Å². The van der Waals surface area contributed by atoms with Gasteiger partial charge in [0.1, 0.15) is 5.69 Å². The molecule has 1 saturated heterocycles. The molecule has 0 N–H and O–H groups in total. The van der Waals surface area contributed by atoms with E-state index in [0.717, 1.165) is 36.7 Å². The Bertz CT molecular complexity index is 645. The van der Waals surface area contributed by atoms with E-state index in [9.17, 15) is 4.79 Å². The van der Waals surface area contributed by atoms with E-state index in [4.69, 9.17) is 4.63 Å². The van der Waals surface area contributed by atoms with Gasteiger partial charge in [0.2, 0.25) is 5.91 Å². The average Bonchev–Trinajstić information content (AvgIpc) is 3.13. The summed E-state index contributed by atoms with van der Waals surface area (Å²) in [5.74, 6) is 0.995. The zero-order valence-electron chi connectivity index (χ0n) is 12.8. The summed E-state index contributed by atoms with van der Waals surface area (Å²) in [6.45, 7) is 6.82. The zero-order valence-corrected chi connectivity index (χ0v) is 13.6. The lowest BCUT2D eigenvalue weighted by Crippen LogP contribution is -2.49. The quantitative estimate of drug-likeness (QED) is 0.848. The molecule has 0 aliphatic carbocycles. The Morgan fingerprint density at radius 2 is 2.00 bits per heavy atom. The topological polar surface area (TPSA) is 75.4 Å². The molecule has 8 heteroatoms. The summed E-state index contributed by atoms with van der Waals surface area (Å²) in [6, 6.07) is 0. The van der Waals surface area contributed by atoms with Gasteiger partial charge in [0.05, 0.1) is 11.2 Å². The molecule has 22 heavy (non-hydrogen) atoms. The van der Waals surface area contributed by atoms with Gasteiger partial charge in [-0.3, -0.25) is 4.79 Å². The number of rotatable bonds is 4. The second-order valence-corrected chi connectivity index (χ2v) is 6.34. The van der Waals surface area contributed by atoms with Crippen molar-refractivity contribution in [2.45, 2.75) is 26.7 Å². The van der Waals surface area contributed by atoms with Crippen molar-refractivity contribution in [1.29, 1.82) is 0 Å². The highest BCUT2D eigenvalue weighted by Crippen LogP contribution is 2.18. The lowest BCUT2D eigenvalue weighted by Gasteiger charge is -2.34. The van der Waals surface area contributed by atoms with Crippen LogP contribution >= 0.6 is 11.3 Å². The number of aromatic nitrogens is 3. The number of thiazole rings is 1. The van der Waals surface area contributed by atoms with E-state index in [0.29, 0.717) is 19.5 Å². The van der Waals surface area contributed by atoms with Crippen LogP contribution in [0.25, 0.3) is 0 Å². The molecule has 0 saturated carbocycles. The molecule has 1 amide bonds. The lowest BCUT2D eigenvalue weighted by molar-refractivity contribution is -0.131. The summed E-state index contributed by atoms with van der Waals surface area (Å²) in [7, 11) is 0. The molecule has 0 unspecified atom stereocenters. The number of nitrogens with zero attached hydrogens (tertiary/aromatic N) is 5. The standard InChI is InChI=1S/C14H19N5O2S/c1-10-12(22-9-15-10)3-4-13(20)18-5-7-19(8-6-18)14-11(2)16-21-17-14/h9H,3-8H2,1-2H3. The van der Waals surface area contributed by atoms with Gasteiger partial charge >= 0.3 is 0 Å². The number of piperazine rings is 1. The predicted octanol–water partition coefficient (Wildman–Crippen LogP) is 1.42. The first-order valence-electron chi connectivity index (χ1n) is 7.36. The third kappa shape index (κ3) is 3.11. The van der Waals surface area contributed by atoms with Crippen molar-refractivity contribution >= 4 is 23.1 Å². The van der Waals surface area contributed by atoms with Crippen LogP contribution in [-0.4, -0.2) is 52.3 Å². The van der Waals surface area contributed by atoms with Crippen LogP contribution in [0.1, 0.15) is 22.7 Å². The van der Waals surface area contributed by atoms with Gasteiger partial charge in [-0.15, -0.1) is 11.3 Å². The van der Waals surface area contributed by atoms with Gasteiger partial charge in [0, 0.05) is 37.5 Å². The molecule has 0 spiro atoms. The van der Waals surface area contributed by atoms with Gasteiger partial charge in [-0.05, 0) is 25.4 Å². The molecule has 0 aromatic carbocycles. The molecule has 118 valence electrons. The van der Waals surface area contributed by atoms with Crippen molar-refractivity contribution < 1.29 is 9.42 Å². The first-order valence-corrected chi connectivity index (χ1v) is 8.24. The molecule has 2 aromatic rings. The first kappa shape index (κ1) is 15.0. The Kier molecular flexibility index (Phi) is 4.37. The summed E-state index contributed by atoms with van der Waals surface area (Å²) < 4.78 is 4.74. The summed E-state index contributed by atoms with van der Waals surface area (Å²) in [5, 5.41) is 7.72. The fraction of sp³-hybridized carbons (Fsp3) is 0.571. The van der Waals surface area contributed by atoms with Crippen molar-refractivity contribution in [3.05, 3.63) is 21.8 Å². The molecule has 0 atom stereocenters. The fourth-order valence-corrected chi connectivity index (χ4v) is 3.41. The zero-order chi connectivity index (χ0) is 15.5. The largest absolute Gasteiger partial charge is 0.349 e. The van der Waals surface area contributed by atoms with Crippen LogP contribution < -0.4 is 4.90 Å². The van der Waals surface area contributed by atoms with Crippen LogP contribution in [0.15, 0.2) is 10.1 Å². The number of carbonyl (C=O) groups is 1. The van der Waals surface area contributed by atoms with Crippen molar-refractivity contribution in [1.82, 2.24) is 20.2 Å². The fourth-order valence-electron chi connectivity index (χ4n) is 2.63. The smallest absolute Gasteiger partial charge is 0.223 e. The maximum Gasteiger partial charge on any atom is 0.223 e. The molecule has 1 fully saturated rings. The van der Waals surface area contributed by atoms with Crippen molar-refractivity contribution in [3.8, 4) is 0 Å². The minimum absolute atomic E-state index is 0.211. The summed E-state index contributed by atoms with van der Waals surface area (Å²) in [6.07, 6.45) is 1.33. The molecule has 1 aliphatic heterocycles. The molecule has 0 bridgehead atoms. The lowest BCUT2D eigenvalue weighted by atomic mass is 10.2. The molecule has 3 rings (SSSR count). The predicted molar refractivity (Wildman–Crippen MR) is 83.0 cm³/mol. The third-order valence-corrected chi connectivity index (χ3v) is 4.97. The highest BCUT2D eigenvalue weighted by molar-refractivity contribution is 7.09. The second-order valence-electron chi connectivity index (χ2n) is 5.40. The highest BCUT2D eigenvalue weighted by atomic mass is 32.1.